The van der Waals surface area contributed by atoms with Crippen molar-refractivity contribution in [3.63, 3.8) is 0 Å². The number of benzene rings is 1. The van der Waals surface area contributed by atoms with Gasteiger partial charge in [0.05, 0.1) is 42.0 Å². The first-order chi connectivity index (χ1) is 14.9. The molecule has 0 atom stereocenters. The summed E-state index contributed by atoms with van der Waals surface area (Å²) in [6.07, 6.45) is 3.44. The number of rotatable bonds is 9. The number of carbonyl (C=O) groups excluding carboxylic acids is 3. The molecule has 2 aromatic rings. The van der Waals surface area contributed by atoms with E-state index in [-0.39, 0.29) is 29.8 Å². The first kappa shape index (κ1) is 21.0. The van der Waals surface area contributed by atoms with Gasteiger partial charge in [-0.2, -0.15) is 0 Å². The van der Waals surface area contributed by atoms with Gasteiger partial charge in [-0.15, -0.1) is 0 Å². The molecule has 1 aliphatic carbocycles. The van der Waals surface area contributed by atoms with E-state index >= 15 is 0 Å². The molecular formula is C24H27N3O4. The Labute approximate surface area is 181 Å². The van der Waals surface area contributed by atoms with Gasteiger partial charge in [-0.1, -0.05) is 6.92 Å². The number of fused-ring (bicyclic) bond motifs is 1. The molecule has 1 aromatic carbocycles. The molecule has 0 bridgehead atoms. The van der Waals surface area contributed by atoms with E-state index < -0.39 is 0 Å². The van der Waals surface area contributed by atoms with Crippen molar-refractivity contribution in [1.82, 2.24) is 9.88 Å². The van der Waals surface area contributed by atoms with Gasteiger partial charge < -0.3 is 15.0 Å². The summed E-state index contributed by atoms with van der Waals surface area (Å²) < 4.78 is 5.51. The second-order valence-electron chi connectivity index (χ2n) is 8.27. The quantitative estimate of drug-likeness (QED) is 0.618. The Morgan fingerprint density at radius 1 is 1.23 bits per heavy atom. The van der Waals surface area contributed by atoms with Gasteiger partial charge in [-0.3, -0.25) is 19.4 Å². The third-order valence-electron chi connectivity index (χ3n) is 5.75. The number of ether oxygens (including phenoxy) is 1. The number of Topliss-reactive ketones (excluding diaryl/α,β-unsaturated/α-hetero) is 2. The largest absolute Gasteiger partial charge is 0.495 e. The molecule has 1 saturated carbocycles. The molecule has 1 fully saturated rings. The van der Waals surface area contributed by atoms with E-state index in [2.05, 4.69) is 10.3 Å². The van der Waals surface area contributed by atoms with Crippen LogP contribution in [0.5, 0.6) is 5.75 Å². The molecule has 0 radical (unpaired) electrons. The van der Waals surface area contributed by atoms with Crippen LogP contribution in [-0.4, -0.2) is 41.5 Å². The highest BCUT2D eigenvalue weighted by Gasteiger charge is 2.32. The maximum Gasteiger partial charge on any atom is 0.257 e. The molecule has 0 spiro atoms. The van der Waals surface area contributed by atoms with Gasteiger partial charge in [-0.05, 0) is 43.5 Å². The minimum atomic E-state index is -0.112. The first-order valence-corrected chi connectivity index (χ1v) is 10.7. The molecule has 1 N–H and O–H groups in total. The lowest BCUT2D eigenvalue weighted by Crippen LogP contribution is -2.18. The van der Waals surface area contributed by atoms with Gasteiger partial charge in [-0.25, -0.2) is 0 Å². The summed E-state index contributed by atoms with van der Waals surface area (Å²) in [4.78, 5) is 43.5. The van der Waals surface area contributed by atoms with Crippen molar-refractivity contribution in [2.24, 2.45) is 5.92 Å². The van der Waals surface area contributed by atoms with E-state index in [9.17, 15) is 14.4 Å². The van der Waals surface area contributed by atoms with Gasteiger partial charge in [0.1, 0.15) is 11.5 Å². The SMILES string of the molecule is CCCC(=O)c1ccc(Nc2cc(CC(=O)C3CC3)nc3c2C(=O)N(C)C3)c(OC)c1. The van der Waals surface area contributed by atoms with E-state index in [1.165, 1.54) is 0 Å². The van der Waals surface area contributed by atoms with Crippen LogP contribution in [0.3, 0.4) is 0 Å². The summed E-state index contributed by atoms with van der Waals surface area (Å²) in [5, 5.41) is 3.30. The van der Waals surface area contributed by atoms with Crippen molar-refractivity contribution in [1.29, 1.82) is 0 Å². The molecule has 1 aliphatic heterocycles. The van der Waals surface area contributed by atoms with E-state index in [1.54, 1.807) is 43.3 Å². The molecule has 1 aromatic heterocycles. The number of nitrogens with zero attached hydrogens (tertiary/aromatic N) is 2. The normalized spacial score (nSPS) is 15.1. The van der Waals surface area contributed by atoms with Crippen molar-refractivity contribution in [3.05, 3.63) is 46.8 Å². The minimum absolute atomic E-state index is 0.0647. The third kappa shape index (κ3) is 4.31. The number of methoxy groups -OCH3 is 1. The highest BCUT2D eigenvalue weighted by molar-refractivity contribution is 6.04. The van der Waals surface area contributed by atoms with Crippen LogP contribution in [0, 0.1) is 5.92 Å². The highest BCUT2D eigenvalue weighted by Crippen LogP contribution is 2.36. The minimum Gasteiger partial charge on any atom is -0.495 e. The second-order valence-corrected chi connectivity index (χ2v) is 8.27. The Morgan fingerprint density at radius 2 is 2.00 bits per heavy atom. The molecule has 7 heteroatoms. The van der Waals surface area contributed by atoms with Crippen LogP contribution in [0.1, 0.15) is 64.7 Å². The van der Waals surface area contributed by atoms with E-state index in [1.807, 2.05) is 6.92 Å². The summed E-state index contributed by atoms with van der Waals surface area (Å²) in [5.41, 5.74) is 3.68. The van der Waals surface area contributed by atoms with Crippen LogP contribution in [0.25, 0.3) is 0 Å². The van der Waals surface area contributed by atoms with Crippen LogP contribution in [-0.2, 0) is 17.8 Å². The number of hydrogen-bond donors (Lipinski definition) is 1. The Balaban J connectivity index is 1.68. The van der Waals surface area contributed by atoms with Crippen molar-refractivity contribution in [3.8, 4) is 5.75 Å². The summed E-state index contributed by atoms with van der Waals surface area (Å²) in [5.74, 6) is 0.826. The monoisotopic (exact) mass is 421 g/mol. The molecule has 2 heterocycles. The van der Waals surface area contributed by atoms with E-state index in [4.69, 9.17) is 4.74 Å². The average molecular weight is 421 g/mol. The first-order valence-electron chi connectivity index (χ1n) is 10.7. The Kier molecular flexibility index (Phi) is 5.76. The fourth-order valence-electron chi connectivity index (χ4n) is 3.90. The Morgan fingerprint density at radius 3 is 2.68 bits per heavy atom. The number of amides is 1. The molecule has 4 rings (SSSR count). The molecule has 2 aliphatic rings. The third-order valence-corrected chi connectivity index (χ3v) is 5.75. The van der Waals surface area contributed by atoms with Crippen molar-refractivity contribution >= 4 is 28.8 Å². The number of carbonyl (C=O) groups is 3. The second kappa shape index (κ2) is 8.49. The van der Waals surface area contributed by atoms with Gasteiger partial charge >= 0.3 is 0 Å². The fourth-order valence-corrected chi connectivity index (χ4v) is 3.90. The summed E-state index contributed by atoms with van der Waals surface area (Å²) in [7, 11) is 3.28. The lowest BCUT2D eigenvalue weighted by Gasteiger charge is -2.15. The molecule has 31 heavy (non-hydrogen) atoms. The Bertz CT molecular complexity index is 1060. The van der Waals surface area contributed by atoms with Crippen LogP contribution < -0.4 is 10.1 Å². The number of aromatic nitrogens is 1. The zero-order valence-electron chi connectivity index (χ0n) is 18.2. The number of hydrogen-bond acceptors (Lipinski definition) is 6. The highest BCUT2D eigenvalue weighted by atomic mass is 16.5. The zero-order valence-corrected chi connectivity index (χ0v) is 18.2. The summed E-state index contributed by atoms with van der Waals surface area (Å²) in [6.45, 7) is 2.38. The van der Waals surface area contributed by atoms with E-state index in [0.29, 0.717) is 52.6 Å². The number of ketones is 2. The average Bonchev–Trinajstić information content (AvgIpc) is 3.55. The Hall–Kier alpha value is -3.22. The number of anilines is 2. The molecule has 0 unspecified atom stereocenters. The summed E-state index contributed by atoms with van der Waals surface area (Å²) >= 11 is 0. The van der Waals surface area contributed by atoms with Gasteiger partial charge in [0.15, 0.2) is 5.78 Å². The molecule has 7 nitrogen and oxygen atoms in total. The molecule has 1 amide bonds. The number of pyridine rings is 1. The number of nitrogens with one attached hydrogen (secondary N) is 1. The zero-order chi connectivity index (χ0) is 22.1. The lowest BCUT2D eigenvalue weighted by atomic mass is 10.0. The van der Waals surface area contributed by atoms with Crippen LogP contribution in [0.4, 0.5) is 11.4 Å². The predicted molar refractivity (Wildman–Crippen MR) is 117 cm³/mol. The maximum atomic E-state index is 12.7. The maximum absolute atomic E-state index is 12.7. The van der Waals surface area contributed by atoms with Gasteiger partial charge in [0.2, 0.25) is 0 Å². The topological polar surface area (TPSA) is 88.6 Å². The van der Waals surface area contributed by atoms with Crippen molar-refractivity contribution in [2.75, 3.05) is 19.5 Å². The smallest absolute Gasteiger partial charge is 0.257 e. The van der Waals surface area contributed by atoms with Crippen LogP contribution in [0.2, 0.25) is 0 Å². The van der Waals surface area contributed by atoms with Crippen molar-refractivity contribution < 1.29 is 19.1 Å². The fraction of sp³-hybridized carbons (Fsp3) is 0.417. The van der Waals surface area contributed by atoms with Crippen LogP contribution in [0.15, 0.2) is 24.3 Å². The summed E-state index contributed by atoms with van der Waals surface area (Å²) in [6, 6.07) is 7.04. The lowest BCUT2D eigenvalue weighted by molar-refractivity contribution is -0.119. The molecule has 162 valence electrons. The predicted octanol–water partition coefficient (Wildman–Crippen LogP) is 3.92. The molecule has 0 saturated heterocycles. The molecular weight excluding hydrogens is 394 g/mol. The van der Waals surface area contributed by atoms with Crippen LogP contribution >= 0.6 is 0 Å². The standard InChI is InChI=1S/C24H27N3O4/c1-4-5-20(28)15-8-9-17(22(10-15)31-3)26-18-11-16(12-21(29)14-6-7-14)25-19-13-27(2)24(30)23(18)19/h8-11,14H,4-7,12-13H2,1-3H3,(H,25,26). The van der Waals surface area contributed by atoms with E-state index in [0.717, 1.165) is 19.3 Å². The van der Waals surface area contributed by atoms with Crippen molar-refractivity contribution in [2.45, 2.75) is 45.6 Å². The van der Waals surface area contributed by atoms with Gasteiger partial charge in [0, 0.05) is 31.4 Å². The van der Waals surface area contributed by atoms with Gasteiger partial charge in [0.25, 0.3) is 5.91 Å².